The molecule has 7 heteroatoms. The zero-order valence-electron chi connectivity index (χ0n) is 16.2. The van der Waals surface area contributed by atoms with E-state index in [1.54, 1.807) is 6.20 Å². The second-order valence-corrected chi connectivity index (χ2v) is 8.17. The summed E-state index contributed by atoms with van der Waals surface area (Å²) in [6.07, 6.45) is 7.28. The van der Waals surface area contributed by atoms with Gasteiger partial charge in [0.25, 0.3) is 0 Å². The third-order valence-corrected chi connectivity index (χ3v) is 5.89. The van der Waals surface area contributed by atoms with Crippen molar-refractivity contribution in [1.29, 1.82) is 0 Å². The highest BCUT2D eigenvalue weighted by molar-refractivity contribution is 6.30. The van der Waals surface area contributed by atoms with E-state index in [0.717, 1.165) is 30.2 Å². The summed E-state index contributed by atoms with van der Waals surface area (Å²) in [5.74, 6) is 0.808. The standard InChI is InChI=1S/C22H23Cl2N3O2/c1-26-22(15-27-12-11-25-16-27,17-2-4-18(23)5-3-17)14-21(29-26)10-13-28-20-8-6-19(24)7-9-20/h2-9,11-12,16,21H,10,13-15H2,1H3. The van der Waals surface area contributed by atoms with E-state index in [0.29, 0.717) is 11.6 Å². The Kier molecular flexibility index (Phi) is 6.11. The average Bonchev–Trinajstić information content (AvgIpc) is 3.33. The Labute approximate surface area is 180 Å². The molecule has 1 aromatic heterocycles. The lowest BCUT2D eigenvalue weighted by atomic mass is 9.84. The van der Waals surface area contributed by atoms with Crippen LogP contribution in [0.25, 0.3) is 0 Å². The van der Waals surface area contributed by atoms with Gasteiger partial charge in [0.15, 0.2) is 0 Å². The lowest BCUT2D eigenvalue weighted by Gasteiger charge is -2.35. The number of hydrogen-bond acceptors (Lipinski definition) is 4. The number of benzene rings is 2. The van der Waals surface area contributed by atoms with Gasteiger partial charge in [-0.2, -0.15) is 5.06 Å². The van der Waals surface area contributed by atoms with E-state index < -0.39 is 0 Å². The summed E-state index contributed by atoms with van der Waals surface area (Å²) in [6, 6.07) is 15.4. The summed E-state index contributed by atoms with van der Waals surface area (Å²) < 4.78 is 7.95. The molecule has 0 amide bonds. The van der Waals surface area contributed by atoms with Crippen molar-refractivity contribution in [2.24, 2.45) is 0 Å². The van der Waals surface area contributed by atoms with Gasteiger partial charge in [0.05, 0.1) is 24.6 Å². The molecular weight excluding hydrogens is 409 g/mol. The summed E-state index contributed by atoms with van der Waals surface area (Å²) in [5, 5.41) is 3.40. The van der Waals surface area contributed by atoms with E-state index in [2.05, 4.69) is 21.7 Å². The summed E-state index contributed by atoms with van der Waals surface area (Å²) in [7, 11) is 1.99. The van der Waals surface area contributed by atoms with Crippen molar-refractivity contribution >= 4 is 23.2 Å². The lowest BCUT2D eigenvalue weighted by molar-refractivity contribution is -0.176. The van der Waals surface area contributed by atoms with Crippen LogP contribution < -0.4 is 4.74 Å². The lowest BCUT2D eigenvalue weighted by Crippen LogP contribution is -2.41. The van der Waals surface area contributed by atoms with Crippen LogP contribution in [0.5, 0.6) is 5.75 Å². The molecule has 2 aromatic carbocycles. The highest BCUT2D eigenvalue weighted by Crippen LogP contribution is 2.42. The fraction of sp³-hybridized carbons (Fsp3) is 0.318. The molecule has 2 atom stereocenters. The monoisotopic (exact) mass is 431 g/mol. The Hall–Kier alpha value is -2.05. The van der Waals surface area contributed by atoms with Gasteiger partial charge in [-0.1, -0.05) is 35.3 Å². The van der Waals surface area contributed by atoms with Gasteiger partial charge in [0.2, 0.25) is 0 Å². The number of hydrogen-bond donors (Lipinski definition) is 0. The van der Waals surface area contributed by atoms with Crippen molar-refractivity contribution in [3.63, 3.8) is 0 Å². The maximum atomic E-state index is 6.23. The van der Waals surface area contributed by atoms with E-state index in [9.17, 15) is 0 Å². The van der Waals surface area contributed by atoms with Crippen LogP contribution >= 0.6 is 23.2 Å². The number of halogens is 2. The van der Waals surface area contributed by atoms with Crippen molar-refractivity contribution in [2.45, 2.75) is 31.0 Å². The first-order valence-corrected chi connectivity index (χ1v) is 10.3. The Balaban J connectivity index is 1.48. The predicted molar refractivity (Wildman–Crippen MR) is 114 cm³/mol. The molecule has 4 rings (SSSR count). The molecule has 3 aromatic rings. The minimum Gasteiger partial charge on any atom is -0.493 e. The molecule has 1 saturated heterocycles. The highest BCUT2D eigenvalue weighted by Gasteiger charge is 2.46. The van der Waals surface area contributed by atoms with Crippen LogP contribution in [0, 0.1) is 0 Å². The summed E-state index contributed by atoms with van der Waals surface area (Å²) in [6.45, 7) is 1.31. The SMILES string of the molecule is CN1OC(CCOc2ccc(Cl)cc2)CC1(Cn1ccnc1)c1ccc(Cl)cc1. The molecule has 0 N–H and O–H groups in total. The van der Waals surface area contributed by atoms with Crippen molar-refractivity contribution in [2.75, 3.05) is 13.7 Å². The minimum atomic E-state index is -0.309. The van der Waals surface area contributed by atoms with E-state index in [-0.39, 0.29) is 11.6 Å². The summed E-state index contributed by atoms with van der Waals surface area (Å²) in [4.78, 5) is 10.4. The number of nitrogens with zero attached hydrogens (tertiary/aromatic N) is 3. The van der Waals surface area contributed by atoms with Crippen LogP contribution in [-0.2, 0) is 16.9 Å². The molecule has 0 radical (unpaired) electrons. The molecule has 0 aliphatic carbocycles. The van der Waals surface area contributed by atoms with Crippen LogP contribution in [0.1, 0.15) is 18.4 Å². The number of imidazole rings is 1. The molecule has 1 aliphatic rings. The molecule has 2 heterocycles. The van der Waals surface area contributed by atoms with Gasteiger partial charge in [-0.25, -0.2) is 4.98 Å². The number of rotatable bonds is 7. The van der Waals surface area contributed by atoms with E-state index in [1.165, 1.54) is 5.56 Å². The van der Waals surface area contributed by atoms with E-state index >= 15 is 0 Å². The zero-order valence-corrected chi connectivity index (χ0v) is 17.7. The molecule has 152 valence electrons. The van der Waals surface area contributed by atoms with Gasteiger partial charge in [-0.15, -0.1) is 0 Å². The topological polar surface area (TPSA) is 39.5 Å². The predicted octanol–water partition coefficient (Wildman–Crippen LogP) is 5.19. The van der Waals surface area contributed by atoms with Gasteiger partial charge < -0.3 is 9.30 Å². The fourth-order valence-corrected chi connectivity index (χ4v) is 4.11. The first kappa shape index (κ1) is 20.2. The quantitative estimate of drug-likeness (QED) is 0.515. The fourth-order valence-electron chi connectivity index (χ4n) is 3.86. The zero-order chi connectivity index (χ0) is 20.3. The van der Waals surface area contributed by atoms with Crippen molar-refractivity contribution in [3.8, 4) is 5.75 Å². The molecule has 1 fully saturated rings. The largest absolute Gasteiger partial charge is 0.493 e. The Morgan fingerprint density at radius 2 is 1.79 bits per heavy atom. The molecule has 0 spiro atoms. The summed E-state index contributed by atoms with van der Waals surface area (Å²) >= 11 is 12.1. The smallest absolute Gasteiger partial charge is 0.119 e. The minimum absolute atomic E-state index is 0.0477. The molecule has 0 saturated carbocycles. The Bertz CT molecular complexity index is 916. The van der Waals surface area contributed by atoms with Gasteiger partial charge >= 0.3 is 0 Å². The first-order chi connectivity index (χ1) is 14.0. The normalized spacial score (nSPS) is 22.1. The van der Waals surface area contributed by atoms with Gasteiger partial charge in [-0.05, 0) is 42.0 Å². The number of ether oxygens (including phenoxy) is 1. The Morgan fingerprint density at radius 3 is 2.45 bits per heavy atom. The molecular formula is C22H23Cl2N3O2. The van der Waals surface area contributed by atoms with Gasteiger partial charge in [0, 0.05) is 48.9 Å². The summed E-state index contributed by atoms with van der Waals surface area (Å²) in [5.41, 5.74) is 0.857. The second kappa shape index (κ2) is 8.76. The van der Waals surface area contributed by atoms with Crippen molar-refractivity contribution < 1.29 is 9.57 Å². The van der Waals surface area contributed by atoms with Crippen LogP contribution in [0.2, 0.25) is 10.0 Å². The molecule has 5 nitrogen and oxygen atoms in total. The van der Waals surface area contributed by atoms with E-state index in [1.807, 2.05) is 61.0 Å². The number of aromatic nitrogens is 2. The van der Waals surface area contributed by atoms with Crippen molar-refractivity contribution in [1.82, 2.24) is 14.6 Å². The molecule has 0 bridgehead atoms. The van der Waals surface area contributed by atoms with Crippen LogP contribution in [0.15, 0.2) is 67.3 Å². The number of likely N-dealkylation sites (N-methyl/N-ethyl adjacent to an activating group) is 1. The first-order valence-electron chi connectivity index (χ1n) is 9.56. The van der Waals surface area contributed by atoms with Gasteiger partial charge in [-0.3, -0.25) is 4.84 Å². The number of hydroxylamine groups is 2. The maximum Gasteiger partial charge on any atom is 0.119 e. The average molecular weight is 432 g/mol. The van der Waals surface area contributed by atoms with Crippen LogP contribution in [0.4, 0.5) is 0 Å². The molecule has 2 unspecified atom stereocenters. The third-order valence-electron chi connectivity index (χ3n) is 5.38. The van der Waals surface area contributed by atoms with Gasteiger partial charge in [0.1, 0.15) is 5.75 Å². The third kappa shape index (κ3) is 4.59. The van der Waals surface area contributed by atoms with E-state index in [4.69, 9.17) is 32.8 Å². The van der Waals surface area contributed by atoms with Crippen LogP contribution in [0.3, 0.4) is 0 Å². The maximum absolute atomic E-state index is 6.23. The molecule has 29 heavy (non-hydrogen) atoms. The molecule has 1 aliphatic heterocycles. The second-order valence-electron chi connectivity index (χ2n) is 7.29. The Morgan fingerprint density at radius 1 is 1.10 bits per heavy atom. The van der Waals surface area contributed by atoms with Crippen LogP contribution in [-0.4, -0.2) is 34.4 Å². The highest BCUT2D eigenvalue weighted by atomic mass is 35.5. The van der Waals surface area contributed by atoms with Crippen molar-refractivity contribution in [3.05, 3.63) is 82.9 Å².